The third-order valence-corrected chi connectivity index (χ3v) is 2.77. The minimum atomic E-state index is 0.433. The summed E-state index contributed by atoms with van der Waals surface area (Å²) in [6.45, 7) is 0. The molecule has 1 nitrogen and oxygen atoms in total. The molecule has 0 aliphatic heterocycles. The first-order chi connectivity index (χ1) is 5.88. The van der Waals surface area contributed by atoms with Gasteiger partial charge in [0.25, 0.3) is 0 Å². The van der Waals surface area contributed by atoms with Gasteiger partial charge in [-0.2, -0.15) is 0 Å². The molecule has 0 spiro atoms. The molecule has 0 radical (unpaired) electrons. The van der Waals surface area contributed by atoms with Gasteiger partial charge >= 0.3 is 79.6 Å². The van der Waals surface area contributed by atoms with Crippen molar-refractivity contribution >= 4 is 20.5 Å². The van der Waals surface area contributed by atoms with Crippen molar-refractivity contribution in [3.05, 3.63) is 42.4 Å². The van der Waals surface area contributed by atoms with E-state index in [0.717, 1.165) is 12.2 Å². The first-order valence-electron chi connectivity index (χ1n) is 3.97. The molecule has 2 heteroatoms. The SMILES string of the molecule is [SeH]c1ccoc1C1C=CC=CC1. The van der Waals surface area contributed by atoms with E-state index in [1.54, 1.807) is 6.26 Å². The van der Waals surface area contributed by atoms with Crippen molar-refractivity contribution in [2.24, 2.45) is 0 Å². The normalized spacial score (nSPS) is 21.6. The van der Waals surface area contributed by atoms with Crippen molar-refractivity contribution in [1.82, 2.24) is 0 Å². The molecule has 1 aliphatic rings. The van der Waals surface area contributed by atoms with Crippen LogP contribution in [0, 0.1) is 0 Å². The fourth-order valence-electron chi connectivity index (χ4n) is 1.37. The molecule has 0 N–H and O–H groups in total. The Morgan fingerprint density at radius 3 is 2.92 bits per heavy atom. The topological polar surface area (TPSA) is 13.1 Å². The quantitative estimate of drug-likeness (QED) is 0.658. The summed E-state index contributed by atoms with van der Waals surface area (Å²) in [5.74, 6) is 1.51. The summed E-state index contributed by atoms with van der Waals surface area (Å²) in [6.07, 6.45) is 11.3. The van der Waals surface area contributed by atoms with E-state index in [4.69, 9.17) is 4.42 Å². The van der Waals surface area contributed by atoms with Crippen LogP contribution in [0.25, 0.3) is 0 Å². The number of furan rings is 1. The summed E-state index contributed by atoms with van der Waals surface area (Å²) < 4.78 is 6.59. The second kappa shape index (κ2) is 3.34. The number of hydrogen-bond donors (Lipinski definition) is 0. The number of allylic oxidation sites excluding steroid dienone is 4. The van der Waals surface area contributed by atoms with Gasteiger partial charge in [-0.25, -0.2) is 0 Å². The summed E-state index contributed by atoms with van der Waals surface area (Å²) >= 11 is 2.54. The van der Waals surface area contributed by atoms with Crippen LogP contribution in [-0.4, -0.2) is 16.0 Å². The van der Waals surface area contributed by atoms with E-state index in [2.05, 4.69) is 40.3 Å². The van der Waals surface area contributed by atoms with E-state index in [-0.39, 0.29) is 0 Å². The third kappa shape index (κ3) is 1.40. The Bertz CT molecular complexity index is 322. The van der Waals surface area contributed by atoms with Crippen LogP contribution in [0.1, 0.15) is 18.1 Å². The van der Waals surface area contributed by atoms with Crippen LogP contribution in [0.5, 0.6) is 0 Å². The molecule has 0 amide bonds. The summed E-state index contributed by atoms with van der Waals surface area (Å²) in [5, 5.41) is 0. The Kier molecular flexibility index (Phi) is 2.20. The molecule has 12 heavy (non-hydrogen) atoms. The van der Waals surface area contributed by atoms with Crippen LogP contribution in [-0.2, 0) is 0 Å². The van der Waals surface area contributed by atoms with Crippen molar-refractivity contribution in [2.75, 3.05) is 0 Å². The predicted molar refractivity (Wildman–Crippen MR) is 51.1 cm³/mol. The number of hydrogen-bond acceptors (Lipinski definition) is 1. The Hall–Kier alpha value is -0.721. The van der Waals surface area contributed by atoms with Gasteiger partial charge in [-0.3, -0.25) is 0 Å². The average Bonchev–Trinajstić information content (AvgIpc) is 2.53. The Morgan fingerprint density at radius 2 is 2.33 bits per heavy atom. The summed E-state index contributed by atoms with van der Waals surface area (Å²) in [7, 11) is 0. The average molecular weight is 225 g/mol. The monoisotopic (exact) mass is 226 g/mol. The van der Waals surface area contributed by atoms with E-state index in [0.29, 0.717) is 5.92 Å². The van der Waals surface area contributed by atoms with Crippen LogP contribution < -0.4 is 4.46 Å². The molecule has 1 unspecified atom stereocenters. The molecule has 1 heterocycles. The van der Waals surface area contributed by atoms with Gasteiger partial charge in [-0.15, -0.1) is 0 Å². The van der Waals surface area contributed by atoms with Gasteiger partial charge < -0.3 is 0 Å². The van der Waals surface area contributed by atoms with Gasteiger partial charge in [0.2, 0.25) is 0 Å². The van der Waals surface area contributed by atoms with Crippen molar-refractivity contribution in [3.63, 3.8) is 0 Å². The molecule has 0 fully saturated rings. The van der Waals surface area contributed by atoms with E-state index in [9.17, 15) is 0 Å². The van der Waals surface area contributed by atoms with Crippen molar-refractivity contribution in [1.29, 1.82) is 0 Å². The molecule has 1 aliphatic carbocycles. The zero-order valence-corrected chi connectivity index (χ0v) is 8.48. The van der Waals surface area contributed by atoms with Gasteiger partial charge in [0.05, 0.1) is 0 Å². The van der Waals surface area contributed by atoms with Gasteiger partial charge in [-0.1, -0.05) is 0 Å². The summed E-state index contributed by atoms with van der Waals surface area (Å²) in [6, 6.07) is 1.99. The molecular formula is C10H10OSe. The maximum absolute atomic E-state index is 5.40. The minimum absolute atomic E-state index is 0.433. The van der Waals surface area contributed by atoms with Gasteiger partial charge in [-0.05, 0) is 0 Å². The molecule has 0 saturated heterocycles. The molecule has 0 aromatic carbocycles. The van der Waals surface area contributed by atoms with E-state index in [1.165, 1.54) is 4.46 Å². The van der Waals surface area contributed by atoms with Crippen LogP contribution in [0.15, 0.2) is 41.1 Å². The van der Waals surface area contributed by atoms with E-state index >= 15 is 0 Å². The third-order valence-electron chi connectivity index (χ3n) is 1.99. The zero-order chi connectivity index (χ0) is 8.39. The van der Waals surface area contributed by atoms with Crippen LogP contribution in [0.4, 0.5) is 0 Å². The Morgan fingerprint density at radius 1 is 1.42 bits per heavy atom. The summed E-state index contributed by atoms with van der Waals surface area (Å²) in [4.78, 5) is 0. The Labute approximate surface area is 80.0 Å². The first kappa shape index (κ1) is 7.90. The van der Waals surface area contributed by atoms with Crippen molar-refractivity contribution < 1.29 is 4.42 Å². The Balaban J connectivity index is 2.26. The van der Waals surface area contributed by atoms with Crippen LogP contribution in [0.2, 0.25) is 0 Å². The standard InChI is InChI=1S/C10H10OSe/c12-9-6-7-11-10(9)8-4-2-1-3-5-8/h1-4,6-8,12H,5H2. The molecule has 1 aromatic rings. The van der Waals surface area contributed by atoms with Gasteiger partial charge in [0.1, 0.15) is 0 Å². The van der Waals surface area contributed by atoms with E-state index < -0.39 is 0 Å². The van der Waals surface area contributed by atoms with Crippen molar-refractivity contribution in [2.45, 2.75) is 12.3 Å². The first-order valence-corrected chi connectivity index (χ1v) is 4.91. The van der Waals surface area contributed by atoms with Crippen LogP contribution in [0.3, 0.4) is 0 Å². The molecule has 0 saturated carbocycles. The fraction of sp³-hybridized carbons (Fsp3) is 0.200. The molecule has 62 valence electrons. The van der Waals surface area contributed by atoms with E-state index in [1.807, 2.05) is 6.07 Å². The van der Waals surface area contributed by atoms with Crippen molar-refractivity contribution in [3.8, 4) is 0 Å². The predicted octanol–water partition coefficient (Wildman–Crippen LogP) is 1.41. The van der Waals surface area contributed by atoms with Gasteiger partial charge in [0.15, 0.2) is 0 Å². The second-order valence-corrected chi connectivity index (χ2v) is 3.84. The second-order valence-electron chi connectivity index (χ2n) is 2.83. The molecule has 0 bridgehead atoms. The molecule has 1 aromatic heterocycles. The molecule has 2 rings (SSSR count). The molecule has 1 atom stereocenters. The summed E-state index contributed by atoms with van der Waals surface area (Å²) in [5.41, 5.74) is 0. The van der Waals surface area contributed by atoms with Crippen LogP contribution >= 0.6 is 0 Å². The molecular weight excluding hydrogens is 215 g/mol. The maximum atomic E-state index is 5.40. The van der Waals surface area contributed by atoms with Gasteiger partial charge in [0, 0.05) is 0 Å². The zero-order valence-electron chi connectivity index (χ0n) is 6.60. The fourth-order valence-corrected chi connectivity index (χ4v) is 1.95. The number of rotatable bonds is 1.